The number of rotatable bonds is 3. The normalized spacial score (nSPS) is 19.3. The summed E-state index contributed by atoms with van der Waals surface area (Å²) in [5, 5.41) is 6.90. The van der Waals surface area contributed by atoms with Crippen molar-refractivity contribution < 1.29 is 0 Å². The molecule has 0 amide bonds. The second-order valence-electron chi connectivity index (χ2n) is 4.58. The molecule has 0 spiro atoms. The third-order valence-electron chi connectivity index (χ3n) is 3.29. The van der Waals surface area contributed by atoms with E-state index in [1.54, 1.807) is 11.3 Å². The van der Waals surface area contributed by atoms with E-state index in [1.165, 1.54) is 33.6 Å². The first kappa shape index (κ1) is 12.3. The van der Waals surface area contributed by atoms with Crippen LogP contribution >= 0.6 is 27.3 Å². The van der Waals surface area contributed by atoms with Gasteiger partial charge in [-0.2, -0.15) is 0 Å². The lowest BCUT2D eigenvalue weighted by Gasteiger charge is -2.05. The molecule has 2 nitrogen and oxygen atoms in total. The van der Waals surface area contributed by atoms with Crippen LogP contribution in [0.1, 0.15) is 35.1 Å². The number of halogens is 1. The molecule has 1 fully saturated rings. The largest absolute Gasteiger partial charge is 0.309 e. The van der Waals surface area contributed by atoms with E-state index in [0.717, 1.165) is 13.0 Å². The second-order valence-corrected chi connectivity index (χ2v) is 6.38. The smallest absolute Gasteiger partial charge is 0.0973 e. The van der Waals surface area contributed by atoms with Crippen molar-refractivity contribution in [2.45, 2.75) is 25.3 Å². The van der Waals surface area contributed by atoms with Crippen LogP contribution in [0.25, 0.3) is 0 Å². The molecule has 1 aromatic carbocycles. The van der Waals surface area contributed by atoms with Gasteiger partial charge in [0.25, 0.3) is 0 Å². The molecule has 1 saturated heterocycles. The summed E-state index contributed by atoms with van der Waals surface area (Å²) in [6, 6.07) is 8.84. The molecule has 1 unspecified atom stereocenters. The van der Waals surface area contributed by atoms with Gasteiger partial charge in [0, 0.05) is 16.3 Å². The van der Waals surface area contributed by atoms with Crippen molar-refractivity contribution in [1.82, 2.24) is 10.3 Å². The molecular weight excluding hydrogens is 308 g/mol. The molecule has 0 saturated carbocycles. The first-order chi connectivity index (χ1) is 8.83. The van der Waals surface area contributed by atoms with Crippen LogP contribution in [0.4, 0.5) is 0 Å². The monoisotopic (exact) mass is 322 g/mol. The predicted molar refractivity (Wildman–Crippen MR) is 79.0 cm³/mol. The Bertz CT molecular complexity index is 532. The molecule has 1 N–H and O–H groups in total. The summed E-state index contributed by atoms with van der Waals surface area (Å²) < 4.78 is 1.17. The van der Waals surface area contributed by atoms with Gasteiger partial charge < -0.3 is 5.32 Å². The Hall–Kier alpha value is -0.710. The van der Waals surface area contributed by atoms with Gasteiger partial charge in [-0.05, 0) is 31.0 Å². The SMILES string of the molecule is Brc1ccccc1Cc1nc(C2CCCN2)cs1. The van der Waals surface area contributed by atoms with E-state index in [4.69, 9.17) is 4.98 Å². The van der Waals surface area contributed by atoms with Crippen molar-refractivity contribution in [3.05, 3.63) is 50.4 Å². The maximum atomic E-state index is 4.76. The van der Waals surface area contributed by atoms with Gasteiger partial charge in [-0.25, -0.2) is 4.98 Å². The van der Waals surface area contributed by atoms with Crippen LogP contribution in [0.3, 0.4) is 0 Å². The Balaban J connectivity index is 1.75. The second kappa shape index (κ2) is 5.51. The average Bonchev–Trinajstić information content (AvgIpc) is 3.02. The summed E-state index contributed by atoms with van der Waals surface area (Å²) in [6.07, 6.45) is 3.40. The number of hydrogen-bond acceptors (Lipinski definition) is 3. The summed E-state index contributed by atoms with van der Waals surface area (Å²) in [6.45, 7) is 1.13. The van der Waals surface area contributed by atoms with Crippen LogP contribution in [0.2, 0.25) is 0 Å². The minimum absolute atomic E-state index is 0.481. The number of aromatic nitrogens is 1. The third kappa shape index (κ3) is 2.66. The van der Waals surface area contributed by atoms with E-state index >= 15 is 0 Å². The summed E-state index contributed by atoms with van der Waals surface area (Å²) in [7, 11) is 0. The Morgan fingerprint density at radius 1 is 1.39 bits per heavy atom. The minimum atomic E-state index is 0.481. The topological polar surface area (TPSA) is 24.9 Å². The van der Waals surface area contributed by atoms with Crippen LogP contribution in [0, 0.1) is 0 Å². The first-order valence-corrected chi connectivity index (χ1v) is 7.91. The minimum Gasteiger partial charge on any atom is -0.309 e. The Kier molecular flexibility index (Phi) is 3.77. The Morgan fingerprint density at radius 3 is 3.06 bits per heavy atom. The lowest BCUT2D eigenvalue weighted by molar-refractivity contribution is 0.630. The van der Waals surface area contributed by atoms with Gasteiger partial charge >= 0.3 is 0 Å². The van der Waals surface area contributed by atoms with Crippen molar-refractivity contribution >= 4 is 27.3 Å². The zero-order valence-electron chi connectivity index (χ0n) is 10.0. The first-order valence-electron chi connectivity index (χ1n) is 6.24. The molecule has 0 bridgehead atoms. The molecule has 18 heavy (non-hydrogen) atoms. The highest BCUT2D eigenvalue weighted by Gasteiger charge is 2.18. The molecule has 1 aromatic heterocycles. The highest BCUT2D eigenvalue weighted by Crippen LogP contribution is 2.26. The highest BCUT2D eigenvalue weighted by atomic mass is 79.9. The molecule has 1 aliphatic heterocycles. The van der Waals surface area contributed by atoms with Gasteiger partial charge in [-0.1, -0.05) is 34.1 Å². The van der Waals surface area contributed by atoms with Gasteiger partial charge in [0.05, 0.1) is 16.7 Å². The number of benzene rings is 1. The standard InChI is InChI=1S/C14H15BrN2S/c15-11-5-2-1-4-10(11)8-14-17-13(9-18-14)12-6-3-7-16-12/h1-2,4-5,9,12,16H,3,6-8H2. The fourth-order valence-electron chi connectivity index (χ4n) is 2.31. The van der Waals surface area contributed by atoms with E-state index in [9.17, 15) is 0 Å². The maximum absolute atomic E-state index is 4.76. The van der Waals surface area contributed by atoms with Crippen LogP contribution < -0.4 is 5.32 Å². The molecule has 94 valence electrons. The van der Waals surface area contributed by atoms with Gasteiger partial charge in [-0.3, -0.25) is 0 Å². The molecule has 4 heteroatoms. The van der Waals surface area contributed by atoms with Crippen LogP contribution in [0.15, 0.2) is 34.1 Å². The highest BCUT2D eigenvalue weighted by molar-refractivity contribution is 9.10. The number of hydrogen-bond donors (Lipinski definition) is 1. The van der Waals surface area contributed by atoms with Gasteiger partial charge in [0.15, 0.2) is 0 Å². The van der Waals surface area contributed by atoms with Crippen molar-refractivity contribution in [1.29, 1.82) is 0 Å². The lowest BCUT2D eigenvalue weighted by Crippen LogP contribution is -2.13. The average molecular weight is 323 g/mol. The summed E-state index contributed by atoms with van der Waals surface area (Å²) in [5.74, 6) is 0. The predicted octanol–water partition coefficient (Wildman–Crippen LogP) is 3.92. The molecule has 2 aromatic rings. The summed E-state index contributed by atoms with van der Waals surface area (Å²) >= 11 is 5.36. The van der Waals surface area contributed by atoms with Gasteiger partial charge in [-0.15, -0.1) is 11.3 Å². The lowest BCUT2D eigenvalue weighted by atomic mass is 10.1. The van der Waals surface area contributed by atoms with Crippen LogP contribution in [-0.2, 0) is 6.42 Å². The molecule has 3 rings (SSSR count). The fourth-order valence-corrected chi connectivity index (χ4v) is 3.60. The van der Waals surface area contributed by atoms with E-state index < -0.39 is 0 Å². The number of nitrogens with zero attached hydrogens (tertiary/aromatic N) is 1. The molecule has 0 aliphatic carbocycles. The Morgan fingerprint density at radius 2 is 2.28 bits per heavy atom. The molecule has 1 atom stereocenters. The van der Waals surface area contributed by atoms with Gasteiger partial charge in [0.2, 0.25) is 0 Å². The van der Waals surface area contributed by atoms with Crippen molar-refractivity contribution in [3.63, 3.8) is 0 Å². The van der Waals surface area contributed by atoms with Crippen molar-refractivity contribution in [3.8, 4) is 0 Å². The molecule has 0 radical (unpaired) electrons. The van der Waals surface area contributed by atoms with E-state index in [2.05, 4.69) is 44.8 Å². The van der Waals surface area contributed by atoms with Crippen molar-refractivity contribution in [2.75, 3.05) is 6.54 Å². The summed E-state index contributed by atoms with van der Waals surface area (Å²) in [5.41, 5.74) is 2.53. The van der Waals surface area contributed by atoms with E-state index in [-0.39, 0.29) is 0 Å². The molecule has 2 heterocycles. The molecule has 1 aliphatic rings. The zero-order chi connectivity index (χ0) is 12.4. The van der Waals surface area contributed by atoms with Crippen LogP contribution in [0.5, 0.6) is 0 Å². The van der Waals surface area contributed by atoms with Crippen LogP contribution in [-0.4, -0.2) is 11.5 Å². The molecular formula is C14H15BrN2S. The van der Waals surface area contributed by atoms with Crippen molar-refractivity contribution in [2.24, 2.45) is 0 Å². The maximum Gasteiger partial charge on any atom is 0.0973 e. The number of thiazole rings is 1. The van der Waals surface area contributed by atoms with E-state index in [0.29, 0.717) is 6.04 Å². The van der Waals surface area contributed by atoms with E-state index in [1.807, 2.05) is 6.07 Å². The van der Waals surface area contributed by atoms with Gasteiger partial charge in [0.1, 0.15) is 0 Å². The fraction of sp³-hybridized carbons (Fsp3) is 0.357. The quantitative estimate of drug-likeness (QED) is 0.926. The number of nitrogens with one attached hydrogen (secondary N) is 1. The third-order valence-corrected chi connectivity index (χ3v) is 4.93. The summed E-state index contributed by atoms with van der Waals surface area (Å²) in [4.78, 5) is 4.76. The zero-order valence-corrected chi connectivity index (χ0v) is 12.4. The Labute approximate surface area is 120 Å².